The molecule has 2 aromatic rings. The number of amides is 1. The van der Waals surface area contributed by atoms with E-state index in [1.165, 1.54) is 4.90 Å². The molecule has 1 aromatic heterocycles. The summed E-state index contributed by atoms with van der Waals surface area (Å²) < 4.78 is 1.59. The molecule has 1 aliphatic carbocycles. The van der Waals surface area contributed by atoms with Crippen molar-refractivity contribution < 1.29 is 14.7 Å². The molecule has 1 heterocycles. The van der Waals surface area contributed by atoms with Crippen molar-refractivity contribution in [2.75, 3.05) is 6.54 Å². The minimum atomic E-state index is -0.991. The molecular formula is C14H14N4O3. The average molecular weight is 286 g/mol. The number of rotatable bonds is 5. The molecule has 0 unspecified atom stereocenters. The van der Waals surface area contributed by atoms with Crippen molar-refractivity contribution >= 4 is 11.9 Å². The van der Waals surface area contributed by atoms with Gasteiger partial charge in [0.25, 0.3) is 5.91 Å². The highest BCUT2D eigenvalue weighted by Crippen LogP contribution is 2.28. The van der Waals surface area contributed by atoms with E-state index in [9.17, 15) is 9.59 Å². The van der Waals surface area contributed by atoms with E-state index in [4.69, 9.17) is 5.11 Å². The number of aliphatic carboxylic acids is 1. The van der Waals surface area contributed by atoms with Crippen LogP contribution in [0.15, 0.2) is 36.7 Å². The second-order valence-corrected chi connectivity index (χ2v) is 4.95. The monoisotopic (exact) mass is 286 g/mol. The first kappa shape index (κ1) is 13.3. The first-order chi connectivity index (χ1) is 10.1. The van der Waals surface area contributed by atoms with Crippen LogP contribution in [0.4, 0.5) is 0 Å². The summed E-state index contributed by atoms with van der Waals surface area (Å²) in [6.45, 7) is -0.256. The van der Waals surface area contributed by atoms with Crippen LogP contribution in [0.25, 0.3) is 5.69 Å². The van der Waals surface area contributed by atoms with Gasteiger partial charge in [-0.1, -0.05) is 5.21 Å². The molecule has 1 fully saturated rings. The van der Waals surface area contributed by atoms with Crippen molar-refractivity contribution in [2.45, 2.75) is 18.9 Å². The Balaban J connectivity index is 1.79. The molecule has 108 valence electrons. The molecule has 0 radical (unpaired) electrons. The number of carboxylic acids is 1. The molecular weight excluding hydrogens is 272 g/mol. The van der Waals surface area contributed by atoms with Crippen LogP contribution >= 0.6 is 0 Å². The molecule has 1 aliphatic rings. The van der Waals surface area contributed by atoms with Crippen LogP contribution in [0.1, 0.15) is 23.2 Å². The van der Waals surface area contributed by atoms with Crippen LogP contribution in [-0.4, -0.2) is 49.5 Å². The third kappa shape index (κ3) is 2.91. The molecule has 0 aliphatic heterocycles. The minimum absolute atomic E-state index is 0.0589. The first-order valence-electron chi connectivity index (χ1n) is 6.64. The van der Waals surface area contributed by atoms with Gasteiger partial charge in [0.2, 0.25) is 0 Å². The van der Waals surface area contributed by atoms with Crippen molar-refractivity contribution in [2.24, 2.45) is 0 Å². The lowest BCUT2D eigenvalue weighted by molar-refractivity contribution is -0.137. The van der Waals surface area contributed by atoms with E-state index in [1.807, 2.05) is 0 Å². The molecule has 21 heavy (non-hydrogen) atoms. The third-order valence-electron chi connectivity index (χ3n) is 3.36. The summed E-state index contributed by atoms with van der Waals surface area (Å²) in [4.78, 5) is 24.7. The van der Waals surface area contributed by atoms with E-state index in [0.717, 1.165) is 18.5 Å². The van der Waals surface area contributed by atoms with Crippen LogP contribution in [0.5, 0.6) is 0 Å². The van der Waals surface area contributed by atoms with Crippen LogP contribution in [0.2, 0.25) is 0 Å². The lowest BCUT2D eigenvalue weighted by atomic mass is 10.1. The van der Waals surface area contributed by atoms with Crippen LogP contribution in [0, 0.1) is 0 Å². The van der Waals surface area contributed by atoms with Gasteiger partial charge in [-0.3, -0.25) is 9.59 Å². The lowest BCUT2D eigenvalue weighted by Crippen LogP contribution is -2.37. The lowest BCUT2D eigenvalue weighted by Gasteiger charge is -2.20. The van der Waals surface area contributed by atoms with Crippen LogP contribution in [-0.2, 0) is 4.79 Å². The second kappa shape index (κ2) is 5.35. The van der Waals surface area contributed by atoms with E-state index in [-0.39, 0.29) is 18.5 Å². The standard InChI is InChI=1S/C14H14N4O3/c19-13(20)9-17(11-5-6-11)14(21)10-1-3-12(4-2-10)18-8-7-15-16-18/h1-4,7-8,11H,5-6,9H2,(H,19,20). The van der Waals surface area contributed by atoms with Gasteiger partial charge < -0.3 is 10.0 Å². The average Bonchev–Trinajstić information content (AvgIpc) is 3.18. The SMILES string of the molecule is O=C(O)CN(C(=O)c1ccc(-n2ccnn2)cc1)C1CC1. The third-order valence-corrected chi connectivity index (χ3v) is 3.36. The van der Waals surface area contributed by atoms with Gasteiger partial charge in [0, 0.05) is 11.6 Å². The van der Waals surface area contributed by atoms with E-state index in [2.05, 4.69) is 10.3 Å². The zero-order valence-corrected chi connectivity index (χ0v) is 11.2. The number of hydrogen-bond acceptors (Lipinski definition) is 4. The second-order valence-electron chi connectivity index (χ2n) is 4.95. The van der Waals surface area contributed by atoms with E-state index < -0.39 is 5.97 Å². The predicted octanol–water partition coefficient (Wildman–Crippen LogP) is 0.956. The minimum Gasteiger partial charge on any atom is -0.480 e. The Hall–Kier alpha value is -2.70. The number of carboxylic acid groups (broad SMARTS) is 1. The number of carbonyl (C=O) groups excluding carboxylic acids is 1. The Morgan fingerprint density at radius 1 is 1.29 bits per heavy atom. The number of hydrogen-bond donors (Lipinski definition) is 1. The molecule has 1 amide bonds. The van der Waals surface area contributed by atoms with Crippen molar-refractivity contribution in [3.05, 3.63) is 42.2 Å². The summed E-state index contributed by atoms with van der Waals surface area (Å²) in [5.41, 5.74) is 1.27. The zero-order valence-electron chi connectivity index (χ0n) is 11.2. The Bertz CT molecular complexity index is 647. The van der Waals surface area contributed by atoms with E-state index in [1.54, 1.807) is 41.3 Å². The Kier molecular flexibility index (Phi) is 3.39. The molecule has 1 aromatic carbocycles. The first-order valence-corrected chi connectivity index (χ1v) is 6.64. The van der Waals surface area contributed by atoms with Crippen molar-refractivity contribution in [3.63, 3.8) is 0 Å². The number of carbonyl (C=O) groups is 2. The van der Waals surface area contributed by atoms with Crippen molar-refractivity contribution in [1.82, 2.24) is 19.9 Å². The van der Waals surface area contributed by atoms with Gasteiger partial charge >= 0.3 is 5.97 Å². The molecule has 1 N–H and O–H groups in total. The molecule has 7 nitrogen and oxygen atoms in total. The molecule has 3 rings (SSSR count). The smallest absolute Gasteiger partial charge is 0.323 e. The topological polar surface area (TPSA) is 88.3 Å². The quantitative estimate of drug-likeness (QED) is 0.884. The molecule has 0 spiro atoms. The highest BCUT2D eigenvalue weighted by atomic mass is 16.4. The highest BCUT2D eigenvalue weighted by molar-refractivity contribution is 5.96. The fourth-order valence-electron chi connectivity index (χ4n) is 2.17. The predicted molar refractivity (Wildman–Crippen MR) is 73.1 cm³/mol. The molecule has 0 atom stereocenters. The Labute approximate surface area is 120 Å². The summed E-state index contributed by atoms with van der Waals surface area (Å²) in [5, 5.41) is 16.5. The van der Waals surface area contributed by atoms with Gasteiger partial charge in [-0.25, -0.2) is 4.68 Å². The largest absolute Gasteiger partial charge is 0.480 e. The van der Waals surface area contributed by atoms with Gasteiger partial charge in [0.1, 0.15) is 6.54 Å². The summed E-state index contributed by atoms with van der Waals surface area (Å²) in [7, 11) is 0. The molecule has 0 saturated heterocycles. The van der Waals surface area contributed by atoms with Gasteiger partial charge in [0.15, 0.2) is 0 Å². The highest BCUT2D eigenvalue weighted by Gasteiger charge is 2.34. The van der Waals surface area contributed by atoms with Gasteiger partial charge in [0.05, 0.1) is 18.1 Å². The van der Waals surface area contributed by atoms with Gasteiger partial charge in [-0.05, 0) is 37.1 Å². The fraction of sp³-hybridized carbons (Fsp3) is 0.286. The molecule has 0 bridgehead atoms. The summed E-state index contributed by atoms with van der Waals surface area (Å²) in [5.74, 6) is -1.24. The normalized spacial score (nSPS) is 13.9. The Morgan fingerprint density at radius 2 is 2.00 bits per heavy atom. The molecule has 1 saturated carbocycles. The van der Waals surface area contributed by atoms with E-state index >= 15 is 0 Å². The molecule has 7 heteroatoms. The maximum Gasteiger partial charge on any atom is 0.323 e. The number of nitrogens with zero attached hydrogens (tertiary/aromatic N) is 4. The van der Waals surface area contributed by atoms with Crippen LogP contribution < -0.4 is 0 Å². The maximum atomic E-state index is 12.4. The summed E-state index contributed by atoms with van der Waals surface area (Å²) in [6.07, 6.45) is 5.02. The summed E-state index contributed by atoms with van der Waals surface area (Å²) >= 11 is 0. The van der Waals surface area contributed by atoms with E-state index in [0.29, 0.717) is 5.56 Å². The van der Waals surface area contributed by atoms with Gasteiger partial charge in [-0.15, -0.1) is 5.10 Å². The number of benzene rings is 1. The zero-order chi connectivity index (χ0) is 14.8. The maximum absolute atomic E-state index is 12.4. The Morgan fingerprint density at radius 3 is 2.52 bits per heavy atom. The fourth-order valence-corrected chi connectivity index (χ4v) is 2.17. The van der Waals surface area contributed by atoms with Crippen molar-refractivity contribution in [3.8, 4) is 5.69 Å². The van der Waals surface area contributed by atoms with Gasteiger partial charge in [-0.2, -0.15) is 0 Å². The van der Waals surface area contributed by atoms with Crippen LogP contribution in [0.3, 0.4) is 0 Å². The number of aromatic nitrogens is 3. The van der Waals surface area contributed by atoms with Crippen molar-refractivity contribution in [1.29, 1.82) is 0 Å². The summed E-state index contributed by atoms with van der Waals surface area (Å²) in [6, 6.07) is 6.93.